The van der Waals surface area contributed by atoms with Crippen LogP contribution in [0.2, 0.25) is 0 Å². The van der Waals surface area contributed by atoms with Crippen molar-refractivity contribution in [1.29, 1.82) is 0 Å². The van der Waals surface area contributed by atoms with Gasteiger partial charge in [-0.1, -0.05) is 25.1 Å². The molecule has 0 aliphatic rings. The van der Waals surface area contributed by atoms with Gasteiger partial charge < -0.3 is 4.74 Å². The number of amides is 2. The molecule has 1 aromatic heterocycles. The van der Waals surface area contributed by atoms with Crippen LogP contribution < -0.4 is 11.0 Å². The Morgan fingerprint density at radius 3 is 2.85 bits per heavy atom. The number of nitrogens with one attached hydrogen (secondary N) is 2. The molecule has 0 unspecified atom stereocenters. The van der Waals surface area contributed by atoms with Gasteiger partial charge in [-0.05, 0) is 13.3 Å². The summed E-state index contributed by atoms with van der Waals surface area (Å²) in [6.07, 6.45) is 1.02. The zero-order chi connectivity index (χ0) is 15.0. The van der Waals surface area contributed by atoms with Gasteiger partial charge in [-0.25, -0.2) is 14.7 Å². The number of aromatic nitrogens is 3. The molecule has 2 amide bonds. The number of carbonyl (C=O) groups excluding carboxylic acids is 2. The molecule has 0 bridgehead atoms. The fraction of sp³-hybridized carbons (Fsp3) is 0.636. The zero-order valence-corrected chi connectivity index (χ0v) is 12.3. The van der Waals surface area contributed by atoms with Crippen LogP contribution in [0.25, 0.3) is 0 Å². The van der Waals surface area contributed by atoms with Crippen LogP contribution in [0.1, 0.15) is 26.7 Å². The molecule has 0 spiro atoms. The minimum atomic E-state index is -0.775. The summed E-state index contributed by atoms with van der Waals surface area (Å²) in [4.78, 5) is 34.0. The number of aromatic amines is 1. The van der Waals surface area contributed by atoms with E-state index in [0.29, 0.717) is 11.7 Å². The Kier molecular flexibility index (Phi) is 6.85. The van der Waals surface area contributed by atoms with Gasteiger partial charge in [0.1, 0.15) is 0 Å². The number of nitrogens with zero attached hydrogens (tertiary/aromatic N) is 2. The summed E-state index contributed by atoms with van der Waals surface area (Å²) in [5, 5.41) is 8.70. The van der Waals surface area contributed by atoms with E-state index in [0.717, 1.165) is 24.6 Å². The van der Waals surface area contributed by atoms with Gasteiger partial charge in [0.2, 0.25) is 5.91 Å². The Hall–Kier alpha value is -1.77. The molecule has 8 nitrogen and oxygen atoms in total. The SMILES string of the molecule is CCCCn1c(SCC(=O)NC(=O)OCC)n[nH]c1=O. The quantitative estimate of drug-likeness (QED) is 0.719. The fourth-order valence-electron chi connectivity index (χ4n) is 1.37. The second-order valence-electron chi connectivity index (χ2n) is 3.87. The molecule has 112 valence electrons. The molecule has 0 saturated heterocycles. The molecule has 20 heavy (non-hydrogen) atoms. The highest BCUT2D eigenvalue weighted by atomic mass is 32.2. The lowest BCUT2D eigenvalue weighted by Gasteiger charge is -2.05. The number of rotatable bonds is 7. The molecule has 0 aromatic carbocycles. The standard InChI is InChI=1S/C11H18N4O4S/c1-3-5-6-15-9(17)13-14-10(15)20-7-8(16)12-11(18)19-4-2/h3-7H2,1-2H3,(H,13,17)(H,12,16,18). The molecule has 0 aliphatic carbocycles. The first-order valence-corrected chi connectivity index (χ1v) is 7.31. The van der Waals surface area contributed by atoms with E-state index in [9.17, 15) is 14.4 Å². The van der Waals surface area contributed by atoms with E-state index >= 15 is 0 Å². The van der Waals surface area contributed by atoms with E-state index < -0.39 is 12.0 Å². The van der Waals surface area contributed by atoms with Crippen LogP contribution in [0, 0.1) is 0 Å². The summed E-state index contributed by atoms with van der Waals surface area (Å²) in [7, 11) is 0. The highest BCUT2D eigenvalue weighted by molar-refractivity contribution is 7.99. The Balaban J connectivity index is 2.51. The fourth-order valence-corrected chi connectivity index (χ4v) is 2.15. The van der Waals surface area contributed by atoms with E-state index in [4.69, 9.17) is 0 Å². The van der Waals surface area contributed by atoms with Crippen LogP contribution in [0.4, 0.5) is 4.79 Å². The monoisotopic (exact) mass is 302 g/mol. The smallest absolute Gasteiger partial charge is 0.413 e. The van der Waals surface area contributed by atoms with Crippen LogP contribution >= 0.6 is 11.8 Å². The zero-order valence-electron chi connectivity index (χ0n) is 11.5. The van der Waals surface area contributed by atoms with E-state index in [1.54, 1.807) is 6.92 Å². The molecule has 0 atom stereocenters. The van der Waals surface area contributed by atoms with E-state index in [1.165, 1.54) is 4.57 Å². The van der Waals surface area contributed by atoms with Gasteiger partial charge in [-0.2, -0.15) is 0 Å². The first-order chi connectivity index (χ1) is 9.58. The van der Waals surface area contributed by atoms with Crippen LogP contribution in [0.5, 0.6) is 0 Å². The Labute approximate surface area is 120 Å². The molecule has 0 radical (unpaired) electrons. The van der Waals surface area contributed by atoms with Crippen molar-refractivity contribution in [2.75, 3.05) is 12.4 Å². The minimum Gasteiger partial charge on any atom is -0.450 e. The second kappa shape index (κ2) is 8.41. The van der Waals surface area contributed by atoms with Crippen LogP contribution in [0.3, 0.4) is 0 Å². The highest BCUT2D eigenvalue weighted by Gasteiger charge is 2.13. The molecular weight excluding hydrogens is 284 g/mol. The summed E-state index contributed by atoms with van der Waals surface area (Å²) in [6, 6.07) is 0. The van der Waals surface area contributed by atoms with Crippen LogP contribution in [-0.4, -0.2) is 39.1 Å². The van der Waals surface area contributed by atoms with Gasteiger partial charge in [0.05, 0.1) is 12.4 Å². The molecule has 1 heterocycles. The molecule has 2 N–H and O–H groups in total. The predicted molar refractivity (Wildman–Crippen MR) is 73.6 cm³/mol. The van der Waals surface area contributed by atoms with E-state index in [2.05, 4.69) is 20.3 Å². The van der Waals surface area contributed by atoms with Crippen molar-refractivity contribution in [3.05, 3.63) is 10.5 Å². The lowest BCUT2D eigenvalue weighted by atomic mass is 10.3. The lowest BCUT2D eigenvalue weighted by molar-refractivity contribution is -0.117. The molecule has 1 rings (SSSR count). The van der Waals surface area contributed by atoms with Crippen molar-refractivity contribution < 1.29 is 14.3 Å². The number of unbranched alkanes of at least 4 members (excludes halogenated alkanes) is 1. The van der Waals surface area contributed by atoms with Crippen molar-refractivity contribution in [2.24, 2.45) is 0 Å². The summed E-state index contributed by atoms with van der Waals surface area (Å²) in [6.45, 7) is 4.41. The van der Waals surface area contributed by atoms with Crippen LogP contribution in [-0.2, 0) is 16.1 Å². The first kappa shape index (κ1) is 16.3. The van der Waals surface area contributed by atoms with Gasteiger partial charge in [0.15, 0.2) is 5.16 Å². The molecule has 9 heteroatoms. The maximum Gasteiger partial charge on any atom is 0.413 e. The lowest BCUT2D eigenvalue weighted by Crippen LogP contribution is -2.32. The number of alkyl carbamates (subject to hydrolysis) is 1. The van der Waals surface area contributed by atoms with Crippen LogP contribution in [0.15, 0.2) is 9.95 Å². The minimum absolute atomic E-state index is 0.0186. The van der Waals surface area contributed by atoms with Gasteiger partial charge in [-0.15, -0.1) is 5.10 Å². The van der Waals surface area contributed by atoms with Crippen molar-refractivity contribution in [3.8, 4) is 0 Å². The maximum atomic E-state index is 11.5. The second-order valence-corrected chi connectivity index (χ2v) is 4.82. The average molecular weight is 302 g/mol. The molecule has 0 aliphatic heterocycles. The van der Waals surface area contributed by atoms with Gasteiger partial charge >= 0.3 is 11.8 Å². The van der Waals surface area contributed by atoms with Gasteiger partial charge in [0.25, 0.3) is 0 Å². The number of carbonyl (C=O) groups is 2. The third kappa shape index (κ3) is 5.08. The molecular formula is C11H18N4O4S. The summed E-state index contributed by atoms with van der Waals surface area (Å²) in [5.41, 5.74) is -0.299. The van der Waals surface area contributed by atoms with Gasteiger partial charge in [-0.3, -0.25) is 14.7 Å². The first-order valence-electron chi connectivity index (χ1n) is 6.33. The van der Waals surface area contributed by atoms with Crippen molar-refractivity contribution in [1.82, 2.24) is 20.1 Å². The van der Waals surface area contributed by atoms with Crippen molar-refractivity contribution >= 4 is 23.8 Å². The predicted octanol–water partition coefficient (Wildman–Crippen LogP) is 0.736. The summed E-state index contributed by atoms with van der Waals surface area (Å²) < 4.78 is 6.07. The Morgan fingerprint density at radius 2 is 2.20 bits per heavy atom. The largest absolute Gasteiger partial charge is 0.450 e. The maximum absolute atomic E-state index is 11.5. The topological polar surface area (TPSA) is 106 Å². The molecule has 1 aromatic rings. The number of hydrogen-bond donors (Lipinski definition) is 2. The molecule has 0 fully saturated rings. The number of thioether (sulfide) groups is 1. The summed E-state index contributed by atoms with van der Waals surface area (Å²) >= 11 is 1.09. The highest BCUT2D eigenvalue weighted by Crippen LogP contribution is 2.13. The third-order valence-electron chi connectivity index (χ3n) is 2.31. The Bertz CT molecular complexity index is 511. The number of ether oxygens (including phenoxy) is 1. The summed E-state index contributed by atoms with van der Waals surface area (Å²) in [5.74, 6) is -0.513. The van der Waals surface area contributed by atoms with Crippen molar-refractivity contribution in [2.45, 2.75) is 38.4 Å². The van der Waals surface area contributed by atoms with Gasteiger partial charge in [0, 0.05) is 6.54 Å². The van der Waals surface area contributed by atoms with Crippen molar-refractivity contribution in [3.63, 3.8) is 0 Å². The normalized spacial score (nSPS) is 10.3. The number of hydrogen-bond acceptors (Lipinski definition) is 6. The Morgan fingerprint density at radius 1 is 1.45 bits per heavy atom. The van der Waals surface area contributed by atoms with E-state index in [-0.39, 0.29) is 18.0 Å². The molecule has 0 saturated carbocycles. The number of imide groups is 1. The third-order valence-corrected chi connectivity index (χ3v) is 3.28. The van der Waals surface area contributed by atoms with E-state index in [1.807, 2.05) is 6.92 Å². The average Bonchev–Trinajstić information content (AvgIpc) is 2.75. The number of H-pyrrole nitrogens is 1.